The van der Waals surface area contributed by atoms with Crippen molar-refractivity contribution in [3.63, 3.8) is 0 Å². The number of hydrogen-bond donors (Lipinski definition) is 0. The molecule has 18 rings (SSSR count). The van der Waals surface area contributed by atoms with Gasteiger partial charge in [-0.3, -0.25) is 0 Å². The van der Waals surface area contributed by atoms with Crippen LogP contribution >= 0.6 is 0 Å². The van der Waals surface area contributed by atoms with E-state index in [1.54, 1.807) is 0 Å². The fourth-order valence-electron chi connectivity index (χ4n) is 15.6. The molecule has 2 aliphatic carbocycles. The molecule has 0 spiro atoms. The van der Waals surface area contributed by atoms with Crippen molar-refractivity contribution < 1.29 is 4.42 Å². The molecular weight excluding hydrogens is 1050 g/mol. The lowest BCUT2D eigenvalue weighted by atomic mass is 9.67. The zero-order valence-electron chi connectivity index (χ0n) is 48.2. The van der Waals surface area contributed by atoms with Gasteiger partial charge in [-0.05, 0) is 143 Å². The van der Waals surface area contributed by atoms with Gasteiger partial charge in [0.15, 0.2) is 0 Å². The molecule has 0 saturated heterocycles. The maximum atomic E-state index is 7.77. The Kier molecular flexibility index (Phi) is 10.7. The minimum Gasteiger partial charge on any atom is -0.455 e. The van der Waals surface area contributed by atoms with Crippen molar-refractivity contribution in [1.29, 1.82) is 0 Å². The van der Waals surface area contributed by atoms with Crippen LogP contribution in [0, 0.1) is 0 Å². The summed E-state index contributed by atoms with van der Waals surface area (Å²) in [6.07, 6.45) is 0. The fourth-order valence-corrected chi connectivity index (χ4v) is 15.6. The molecule has 2 aromatic heterocycles. The second-order valence-corrected chi connectivity index (χ2v) is 24.2. The van der Waals surface area contributed by atoms with Gasteiger partial charge in [-0.25, -0.2) is 0 Å². The third kappa shape index (κ3) is 7.06. The highest BCUT2D eigenvalue weighted by Crippen LogP contribution is 2.60. The minimum absolute atomic E-state index is 0.179. The first-order valence-corrected chi connectivity index (χ1v) is 30.3. The van der Waals surface area contributed by atoms with E-state index in [-0.39, 0.29) is 5.41 Å². The summed E-state index contributed by atoms with van der Waals surface area (Å²) in [6.45, 7) is 4.74. The van der Waals surface area contributed by atoms with Crippen LogP contribution in [-0.2, 0) is 10.8 Å². The molecule has 0 radical (unpaired) electrons. The van der Waals surface area contributed by atoms with Crippen LogP contribution in [0.15, 0.2) is 308 Å². The molecular formula is C84H56N2O. The SMILES string of the molecule is CC1(C)c2ccccc2-c2ccc(N(c3ccc(-c4ccccc4)cc3)c3ccc4c5ccccc5n(-c5cc6ccccc6c6oc7c(-c8cccc9c8-c8ccccc8C9(c8ccccc8)c8ccccc8)c8ccccc8cc7c56)c4c3)cc21. The summed E-state index contributed by atoms with van der Waals surface area (Å²) < 4.78 is 10.3. The van der Waals surface area contributed by atoms with E-state index in [1.807, 2.05) is 0 Å². The number of para-hydroxylation sites is 1. The molecule has 0 unspecified atom stereocenters. The molecule has 14 aromatic carbocycles. The topological polar surface area (TPSA) is 21.3 Å². The number of nitrogens with zero attached hydrogens (tertiary/aromatic N) is 2. The molecule has 0 atom stereocenters. The summed E-state index contributed by atoms with van der Waals surface area (Å²) in [6, 6.07) is 113. The van der Waals surface area contributed by atoms with E-state index in [4.69, 9.17) is 4.42 Å². The van der Waals surface area contributed by atoms with Crippen molar-refractivity contribution in [1.82, 2.24) is 4.57 Å². The fraction of sp³-hybridized carbons (Fsp3) is 0.0476. The van der Waals surface area contributed by atoms with E-state index in [0.717, 1.165) is 88.4 Å². The number of aromatic nitrogens is 1. The van der Waals surface area contributed by atoms with Crippen molar-refractivity contribution in [3.8, 4) is 50.2 Å². The third-order valence-electron chi connectivity index (χ3n) is 19.4. The van der Waals surface area contributed by atoms with E-state index >= 15 is 0 Å². The molecule has 0 saturated carbocycles. The summed E-state index contributed by atoms with van der Waals surface area (Å²) in [5.41, 5.74) is 25.0. The first-order valence-electron chi connectivity index (χ1n) is 30.3. The summed E-state index contributed by atoms with van der Waals surface area (Å²) in [4.78, 5) is 2.46. The second kappa shape index (κ2) is 18.7. The van der Waals surface area contributed by atoms with Gasteiger partial charge in [-0.1, -0.05) is 263 Å². The molecule has 0 N–H and O–H groups in total. The summed E-state index contributed by atoms with van der Waals surface area (Å²) in [5, 5.41) is 9.01. The van der Waals surface area contributed by atoms with E-state index in [9.17, 15) is 0 Å². The lowest BCUT2D eigenvalue weighted by molar-refractivity contribution is 0.660. The van der Waals surface area contributed by atoms with Crippen LogP contribution in [0.5, 0.6) is 0 Å². The van der Waals surface area contributed by atoms with Gasteiger partial charge in [-0.2, -0.15) is 0 Å². The van der Waals surface area contributed by atoms with Gasteiger partial charge in [0.2, 0.25) is 0 Å². The molecule has 16 aromatic rings. The highest BCUT2D eigenvalue weighted by atomic mass is 16.3. The van der Waals surface area contributed by atoms with Gasteiger partial charge in [0.1, 0.15) is 11.2 Å². The maximum absolute atomic E-state index is 7.77. The first kappa shape index (κ1) is 49.4. The van der Waals surface area contributed by atoms with Crippen molar-refractivity contribution in [2.45, 2.75) is 24.7 Å². The van der Waals surface area contributed by atoms with Crippen molar-refractivity contribution in [2.24, 2.45) is 0 Å². The quantitative estimate of drug-likeness (QED) is 0.151. The van der Waals surface area contributed by atoms with Crippen LogP contribution in [0.25, 0.3) is 115 Å². The van der Waals surface area contributed by atoms with Crippen LogP contribution in [0.2, 0.25) is 0 Å². The van der Waals surface area contributed by atoms with Crippen molar-refractivity contribution >= 4 is 82.4 Å². The first-order chi connectivity index (χ1) is 42.9. The lowest BCUT2D eigenvalue weighted by Crippen LogP contribution is -2.28. The molecule has 0 amide bonds. The highest BCUT2D eigenvalue weighted by Gasteiger charge is 2.47. The van der Waals surface area contributed by atoms with Crippen LogP contribution < -0.4 is 4.90 Å². The maximum Gasteiger partial charge on any atom is 0.145 e. The smallest absolute Gasteiger partial charge is 0.145 e. The van der Waals surface area contributed by atoms with Gasteiger partial charge >= 0.3 is 0 Å². The Bertz CT molecular complexity index is 5440. The molecule has 87 heavy (non-hydrogen) atoms. The highest BCUT2D eigenvalue weighted by molar-refractivity contribution is 6.26. The summed E-state index contributed by atoms with van der Waals surface area (Å²) in [7, 11) is 0. The molecule has 0 fully saturated rings. The normalized spacial score (nSPS) is 13.6. The zero-order valence-corrected chi connectivity index (χ0v) is 48.2. The summed E-state index contributed by atoms with van der Waals surface area (Å²) >= 11 is 0. The Balaban J connectivity index is 0.907. The number of rotatable bonds is 8. The van der Waals surface area contributed by atoms with Gasteiger partial charge in [0, 0.05) is 49.6 Å². The van der Waals surface area contributed by atoms with Gasteiger partial charge in [0.25, 0.3) is 0 Å². The standard InChI is InChI=1S/C84H56N2O/c1-83(2)71-37-19-16-33-64(71)65-47-45-60(51-74(65)83)85(59-43-41-54(42-44-59)53-23-6-3-7-24-53)61-46-48-67-66-34-18-21-40-75(66)86(76(67)52-61)77-50-56-26-13-15-32-63(56)81-80(77)70-49-55-25-12-14-31-62(55)79(82(70)87-81)69-36-22-39-73-78(69)68-35-17-20-38-72(68)84(73,57-27-8-4-9-28-57)58-29-10-5-11-30-58/h3-52H,1-2H3. The minimum atomic E-state index is -0.565. The predicted octanol–water partition coefficient (Wildman–Crippen LogP) is 22.5. The molecule has 408 valence electrons. The number of benzene rings is 14. The number of hydrogen-bond acceptors (Lipinski definition) is 2. The third-order valence-corrected chi connectivity index (χ3v) is 19.4. The second-order valence-electron chi connectivity index (χ2n) is 24.2. The van der Waals surface area contributed by atoms with Crippen molar-refractivity contribution in [2.75, 3.05) is 4.90 Å². The monoisotopic (exact) mass is 1110 g/mol. The molecule has 0 bridgehead atoms. The van der Waals surface area contributed by atoms with Crippen molar-refractivity contribution in [3.05, 3.63) is 337 Å². The Labute approximate surface area is 504 Å². The molecule has 3 nitrogen and oxygen atoms in total. The van der Waals surface area contributed by atoms with E-state index in [1.165, 1.54) is 77.5 Å². The van der Waals surface area contributed by atoms with Gasteiger partial charge < -0.3 is 13.9 Å². The Morgan fingerprint density at radius 2 is 0.862 bits per heavy atom. The van der Waals surface area contributed by atoms with Crippen LogP contribution in [-0.4, -0.2) is 4.57 Å². The van der Waals surface area contributed by atoms with Crippen LogP contribution in [0.1, 0.15) is 47.2 Å². The molecule has 3 heteroatoms. The summed E-state index contributed by atoms with van der Waals surface area (Å²) in [5.74, 6) is 0. The van der Waals surface area contributed by atoms with E-state index < -0.39 is 5.41 Å². The lowest BCUT2D eigenvalue weighted by Gasteiger charge is -2.34. The van der Waals surface area contributed by atoms with Crippen LogP contribution in [0.3, 0.4) is 0 Å². The number of furan rings is 1. The van der Waals surface area contributed by atoms with E-state index in [2.05, 4.69) is 327 Å². The van der Waals surface area contributed by atoms with E-state index in [0.29, 0.717) is 0 Å². The zero-order chi connectivity index (χ0) is 57.5. The van der Waals surface area contributed by atoms with Gasteiger partial charge in [0.05, 0.1) is 27.5 Å². The predicted molar refractivity (Wildman–Crippen MR) is 363 cm³/mol. The molecule has 2 heterocycles. The Hall–Kier alpha value is -11.0. The average molecular weight is 1110 g/mol. The molecule has 2 aliphatic rings. The Morgan fingerprint density at radius 1 is 0.322 bits per heavy atom. The number of anilines is 3. The largest absolute Gasteiger partial charge is 0.455 e. The Morgan fingerprint density at radius 3 is 1.62 bits per heavy atom. The van der Waals surface area contributed by atoms with Crippen LogP contribution in [0.4, 0.5) is 17.1 Å². The molecule has 0 aliphatic heterocycles. The van der Waals surface area contributed by atoms with Gasteiger partial charge in [-0.15, -0.1) is 0 Å². The average Bonchev–Trinajstić information content (AvgIpc) is 1.62. The number of fused-ring (bicyclic) bond motifs is 15.